The Labute approximate surface area is 82.6 Å². The van der Waals surface area contributed by atoms with Crippen LogP contribution in [-0.4, -0.2) is 47.8 Å². The lowest BCUT2D eigenvalue weighted by Crippen LogP contribution is -2.35. The van der Waals surface area contributed by atoms with Gasteiger partial charge in [-0.05, 0) is 6.42 Å². The van der Waals surface area contributed by atoms with E-state index in [4.69, 9.17) is 10.8 Å². The fourth-order valence-electron chi connectivity index (χ4n) is 1.23. The molecule has 0 bridgehead atoms. The molecule has 3 N–H and O–H groups in total. The van der Waals surface area contributed by atoms with E-state index in [-0.39, 0.29) is 17.3 Å². The Hall–Kier alpha value is -0.240. The Morgan fingerprint density at radius 3 is 2.69 bits per heavy atom. The molecule has 0 aromatic carbocycles. The molecule has 1 atom stereocenters. The normalized spacial score (nSPS) is 24.8. The molecule has 0 aromatic heterocycles. The number of nitrogens with zero attached hydrogens (tertiary/aromatic N) is 1. The molecule has 1 aliphatic rings. The molecule has 1 aliphatic heterocycles. The molecular weight excluding hydrogens is 212 g/mol. The van der Waals surface area contributed by atoms with Gasteiger partial charge in [0, 0.05) is 13.1 Å². The fraction of sp³-hybridized carbons (Fsp3) is 0.833. The van der Waals surface area contributed by atoms with Gasteiger partial charge in [-0.2, -0.15) is 4.31 Å². The fourth-order valence-corrected chi connectivity index (χ4v) is 3.01. The molecule has 1 saturated heterocycles. The van der Waals surface area contributed by atoms with Crippen molar-refractivity contribution in [3.05, 3.63) is 0 Å². The zero-order valence-corrected chi connectivity index (χ0v) is 8.64. The minimum Gasteiger partial charge on any atom is -0.392 e. The number of nitrogens with two attached hydrogens (primary N) is 1. The van der Waals surface area contributed by atoms with Gasteiger partial charge in [0.15, 0.2) is 0 Å². The Morgan fingerprint density at radius 1 is 1.69 bits per heavy atom. The van der Waals surface area contributed by atoms with Gasteiger partial charge in [0.25, 0.3) is 0 Å². The smallest absolute Gasteiger partial charge is 0.220 e. The van der Waals surface area contributed by atoms with Crippen LogP contribution in [-0.2, 0) is 10.0 Å². The van der Waals surface area contributed by atoms with E-state index in [0.717, 1.165) is 0 Å². The largest absolute Gasteiger partial charge is 0.392 e. The van der Waals surface area contributed by atoms with Crippen molar-refractivity contribution in [2.45, 2.75) is 12.5 Å². The standard InChI is InChI=1S/C6H12N2O3S2/c7-6(12)4-13(10,11)8-2-1-5(9)3-8/h5,9H,1-4H2,(H2,7,12). The monoisotopic (exact) mass is 224 g/mol. The summed E-state index contributed by atoms with van der Waals surface area (Å²) in [6, 6.07) is 0. The minimum absolute atomic E-state index is 0.0404. The van der Waals surface area contributed by atoms with Crippen molar-refractivity contribution in [1.82, 2.24) is 4.31 Å². The van der Waals surface area contributed by atoms with E-state index in [2.05, 4.69) is 12.2 Å². The van der Waals surface area contributed by atoms with E-state index in [1.54, 1.807) is 0 Å². The summed E-state index contributed by atoms with van der Waals surface area (Å²) in [6.45, 7) is 0.511. The average molecular weight is 224 g/mol. The lowest BCUT2D eigenvalue weighted by Gasteiger charge is -2.14. The highest BCUT2D eigenvalue weighted by atomic mass is 32.2. The maximum atomic E-state index is 11.4. The van der Waals surface area contributed by atoms with Gasteiger partial charge in [-0.15, -0.1) is 0 Å². The van der Waals surface area contributed by atoms with Gasteiger partial charge in [0.2, 0.25) is 10.0 Å². The first-order valence-corrected chi connectivity index (χ1v) is 5.88. The summed E-state index contributed by atoms with van der Waals surface area (Å²) in [5, 5.41) is 9.13. The second kappa shape index (κ2) is 3.87. The molecule has 0 spiro atoms. The van der Waals surface area contributed by atoms with Crippen LogP contribution >= 0.6 is 12.2 Å². The third-order valence-electron chi connectivity index (χ3n) is 1.84. The molecule has 1 unspecified atom stereocenters. The molecule has 76 valence electrons. The van der Waals surface area contributed by atoms with Crippen molar-refractivity contribution in [2.75, 3.05) is 18.8 Å². The van der Waals surface area contributed by atoms with Gasteiger partial charge in [-0.1, -0.05) is 12.2 Å². The zero-order valence-electron chi connectivity index (χ0n) is 7.01. The lowest BCUT2D eigenvalue weighted by atomic mass is 10.3. The van der Waals surface area contributed by atoms with Gasteiger partial charge in [-0.3, -0.25) is 0 Å². The number of aliphatic hydroxyl groups excluding tert-OH is 1. The maximum Gasteiger partial charge on any atom is 0.220 e. The Morgan fingerprint density at radius 2 is 2.31 bits per heavy atom. The van der Waals surface area contributed by atoms with Crippen molar-refractivity contribution in [3.8, 4) is 0 Å². The molecule has 0 amide bonds. The van der Waals surface area contributed by atoms with Crippen LogP contribution in [0.4, 0.5) is 0 Å². The molecule has 0 saturated carbocycles. The summed E-state index contributed by atoms with van der Waals surface area (Å²) < 4.78 is 24.1. The zero-order chi connectivity index (χ0) is 10.1. The van der Waals surface area contributed by atoms with Gasteiger partial charge in [0.05, 0.1) is 11.1 Å². The minimum atomic E-state index is -3.39. The van der Waals surface area contributed by atoms with Gasteiger partial charge >= 0.3 is 0 Å². The molecule has 7 heteroatoms. The third-order valence-corrected chi connectivity index (χ3v) is 3.97. The lowest BCUT2D eigenvalue weighted by molar-refractivity contribution is 0.189. The SMILES string of the molecule is NC(=S)CS(=O)(=O)N1CCC(O)C1. The molecule has 0 aromatic rings. The average Bonchev–Trinajstić information content (AvgIpc) is 2.32. The predicted molar refractivity (Wildman–Crippen MR) is 52.8 cm³/mol. The third kappa shape index (κ3) is 2.87. The molecule has 1 heterocycles. The predicted octanol–water partition coefficient (Wildman–Crippen LogP) is -1.33. The second-order valence-electron chi connectivity index (χ2n) is 3.02. The highest BCUT2D eigenvalue weighted by Crippen LogP contribution is 2.13. The van der Waals surface area contributed by atoms with E-state index < -0.39 is 16.1 Å². The summed E-state index contributed by atoms with van der Waals surface area (Å²) in [5.74, 6) is -0.310. The molecule has 5 nitrogen and oxygen atoms in total. The van der Waals surface area contributed by atoms with Crippen LogP contribution in [0.15, 0.2) is 0 Å². The molecule has 0 aliphatic carbocycles. The van der Waals surface area contributed by atoms with Gasteiger partial charge in [-0.25, -0.2) is 8.42 Å². The first kappa shape index (κ1) is 10.8. The molecule has 13 heavy (non-hydrogen) atoms. The number of β-amino-alcohol motifs (C(OH)–C–C–N with tert-alkyl or cyclic N) is 1. The first-order valence-electron chi connectivity index (χ1n) is 3.86. The number of thiocarbonyl (C=S) groups is 1. The molecule has 1 fully saturated rings. The van der Waals surface area contributed by atoms with Crippen LogP contribution in [0.5, 0.6) is 0 Å². The number of sulfonamides is 1. The van der Waals surface area contributed by atoms with Crippen molar-refractivity contribution in [3.63, 3.8) is 0 Å². The Bertz CT molecular complexity index is 301. The quantitative estimate of drug-likeness (QED) is 0.580. The summed E-state index contributed by atoms with van der Waals surface area (Å²) in [6.07, 6.45) is -0.0718. The van der Waals surface area contributed by atoms with Gasteiger partial charge in [0.1, 0.15) is 5.75 Å². The van der Waals surface area contributed by atoms with Crippen LogP contribution in [0.1, 0.15) is 6.42 Å². The number of hydrogen-bond donors (Lipinski definition) is 2. The Kier molecular flexibility index (Phi) is 3.23. The van der Waals surface area contributed by atoms with Crippen molar-refractivity contribution < 1.29 is 13.5 Å². The summed E-state index contributed by atoms with van der Waals surface area (Å²) in [5.41, 5.74) is 5.14. The molecule has 1 rings (SSSR count). The highest BCUT2D eigenvalue weighted by molar-refractivity contribution is 7.92. The van der Waals surface area contributed by atoms with Crippen LogP contribution in [0.25, 0.3) is 0 Å². The van der Waals surface area contributed by atoms with Crippen molar-refractivity contribution >= 4 is 27.2 Å². The second-order valence-corrected chi connectivity index (χ2v) is 5.52. The van der Waals surface area contributed by atoms with E-state index in [0.29, 0.717) is 13.0 Å². The van der Waals surface area contributed by atoms with E-state index in [1.165, 1.54) is 4.31 Å². The molecule has 0 radical (unpaired) electrons. The van der Waals surface area contributed by atoms with Crippen LogP contribution in [0.3, 0.4) is 0 Å². The topological polar surface area (TPSA) is 83.6 Å². The number of aliphatic hydroxyl groups is 1. The van der Waals surface area contributed by atoms with Crippen molar-refractivity contribution in [1.29, 1.82) is 0 Å². The highest BCUT2D eigenvalue weighted by Gasteiger charge is 2.30. The van der Waals surface area contributed by atoms with Crippen LogP contribution in [0.2, 0.25) is 0 Å². The van der Waals surface area contributed by atoms with Crippen LogP contribution < -0.4 is 5.73 Å². The first-order chi connectivity index (χ1) is 5.92. The van der Waals surface area contributed by atoms with Gasteiger partial charge < -0.3 is 10.8 Å². The Balaban J connectivity index is 2.65. The summed E-state index contributed by atoms with van der Waals surface area (Å²) in [4.78, 5) is -0.0404. The maximum absolute atomic E-state index is 11.4. The van der Waals surface area contributed by atoms with Crippen molar-refractivity contribution in [2.24, 2.45) is 5.73 Å². The molecular formula is C6H12N2O3S2. The van der Waals surface area contributed by atoms with Crippen LogP contribution in [0, 0.1) is 0 Å². The van der Waals surface area contributed by atoms with E-state index in [1.807, 2.05) is 0 Å². The number of rotatable bonds is 3. The van der Waals surface area contributed by atoms with E-state index >= 15 is 0 Å². The number of hydrogen-bond acceptors (Lipinski definition) is 4. The van der Waals surface area contributed by atoms with E-state index in [9.17, 15) is 8.42 Å². The summed E-state index contributed by atoms with van der Waals surface area (Å²) in [7, 11) is -3.39. The summed E-state index contributed by atoms with van der Waals surface area (Å²) >= 11 is 4.52.